The van der Waals surface area contributed by atoms with Crippen LogP contribution in [-0.4, -0.2) is 60.8 Å². The van der Waals surface area contributed by atoms with Crippen LogP contribution in [0.1, 0.15) is 26.5 Å². The third-order valence-corrected chi connectivity index (χ3v) is 4.87. The maximum absolute atomic E-state index is 5.60. The van der Waals surface area contributed by atoms with Crippen molar-refractivity contribution < 1.29 is 9.15 Å². The van der Waals surface area contributed by atoms with Crippen molar-refractivity contribution in [2.24, 2.45) is 4.99 Å². The minimum Gasteiger partial charge on any atom is -0.444 e. The molecule has 2 heterocycles. The van der Waals surface area contributed by atoms with Crippen molar-refractivity contribution in [2.75, 3.05) is 39.4 Å². The van der Waals surface area contributed by atoms with Gasteiger partial charge < -0.3 is 19.8 Å². The first-order valence-electron chi connectivity index (χ1n) is 9.93. The maximum Gasteiger partial charge on any atom is 0.226 e. The van der Waals surface area contributed by atoms with Gasteiger partial charge in [-0.15, -0.1) is 24.0 Å². The Bertz CT molecular complexity index is 757. The summed E-state index contributed by atoms with van der Waals surface area (Å²) in [5, 5.41) is 6.77. The number of morpholine rings is 1. The van der Waals surface area contributed by atoms with Crippen molar-refractivity contribution in [2.45, 2.75) is 32.9 Å². The Labute approximate surface area is 190 Å². The molecule has 0 bridgehead atoms. The van der Waals surface area contributed by atoms with Gasteiger partial charge >= 0.3 is 0 Å². The van der Waals surface area contributed by atoms with Crippen LogP contribution in [0.5, 0.6) is 0 Å². The number of ether oxygens (including phenoxy) is 1. The molecule has 0 amide bonds. The molecule has 0 saturated carbocycles. The number of nitrogens with one attached hydrogen (secondary N) is 2. The van der Waals surface area contributed by atoms with Crippen LogP contribution in [-0.2, 0) is 11.3 Å². The van der Waals surface area contributed by atoms with Crippen LogP contribution in [0.4, 0.5) is 0 Å². The molecule has 160 valence electrons. The average Bonchev–Trinajstić information content (AvgIpc) is 3.20. The molecule has 0 unspecified atom stereocenters. The van der Waals surface area contributed by atoms with Crippen LogP contribution in [0, 0.1) is 0 Å². The second-order valence-electron chi connectivity index (χ2n) is 7.47. The quantitative estimate of drug-likeness (QED) is 0.337. The Balaban J connectivity index is 0.00000300. The lowest BCUT2D eigenvalue weighted by Crippen LogP contribution is -2.56. The van der Waals surface area contributed by atoms with E-state index in [9.17, 15) is 0 Å². The van der Waals surface area contributed by atoms with E-state index < -0.39 is 0 Å². The highest BCUT2D eigenvalue weighted by Gasteiger charge is 2.28. The largest absolute Gasteiger partial charge is 0.444 e. The highest BCUT2D eigenvalue weighted by Crippen LogP contribution is 2.18. The van der Waals surface area contributed by atoms with E-state index in [2.05, 4.69) is 46.3 Å². The molecule has 2 aromatic rings. The van der Waals surface area contributed by atoms with Crippen molar-refractivity contribution in [3.8, 4) is 11.5 Å². The summed E-state index contributed by atoms with van der Waals surface area (Å²) >= 11 is 0. The Morgan fingerprint density at radius 1 is 1.17 bits per heavy atom. The molecule has 3 rings (SSSR count). The summed E-state index contributed by atoms with van der Waals surface area (Å²) in [6, 6.07) is 9.89. The zero-order valence-electron chi connectivity index (χ0n) is 17.5. The molecule has 8 heteroatoms. The topological polar surface area (TPSA) is 74.9 Å². The molecular weight excluding hydrogens is 481 g/mol. The number of rotatable bonds is 7. The second kappa shape index (κ2) is 11.5. The molecule has 1 aromatic heterocycles. The number of aromatic nitrogens is 1. The Kier molecular flexibility index (Phi) is 9.38. The van der Waals surface area contributed by atoms with E-state index in [1.54, 1.807) is 6.26 Å². The summed E-state index contributed by atoms with van der Waals surface area (Å²) in [6.45, 7) is 12.1. The monoisotopic (exact) mass is 513 g/mol. The van der Waals surface area contributed by atoms with Gasteiger partial charge in [0.2, 0.25) is 5.89 Å². The molecule has 7 nitrogen and oxygen atoms in total. The van der Waals surface area contributed by atoms with E-state index in [4.69, 9.17) is 9.15 Å². The van der Waals surface area contributed by atoms with Gasteiger partial charge in [-0.05, 0) is 32.9 Å². The van der Waals surface area contributed by atoms with Crippen molar-refractivity contribution in [3.05, 3.63) is 42.3 Å². The first kappa shape index (κ1) is 23.6. The minimum absolute atomic E-state index is 0. The SMILES string of the molecule is CCNC(=NCc1coc(-c2ccccc2)n1)NCC(C)(C)N1CCOCC1.I. The summed E-state index contributed by atoms with van der Waals surface area (Å²) in [4.78, 5) is 11.7. The summed E-state index contributed by atoms with van der Waals surface area (Å²) in [7, 11) is 0. The highest BCUT2D eigenvalue weighted by atomic mass is 127. The molecule has 0 atom stereocenters. The maximum atomic E-state index is 5.60. The predicted molar refractivity (Wildman–Crippen MR) is 127 cm³/mol. The summed E-state index contributed by atoms with van der Waals surface area (Å²) in [5.74, 6) is 1.41. The van der Waals surface area contributed by atoms with E-state index >= 15 is 0 Å². The molecule has 1 aliphatic heterocycles. The zero-order chi connectivity index (χ0) is 19.8. The van der Waals surface area contributed by atoms with Crippen LogP contribution >= 0.6 is 24.0 Å². The Morgan fingerprint density at radius 2 is 1.90 bits per heavy atom. The third kappa shape index (κ3) is 6.97. The van der Waals surface area contributed by atoms with Crippen molar-refractivity contribution in [1.82, 2.24) is 20.5 Å². The fourth-order valence-electron chi connectivity index (χ4n) is 3.18. The van der Waals surface area contributed by atoms with E-state index in [0.29, 0.717) is 12.4 Å². The number of oxazole rings is 1. The molecule has 0 spiro atoms. The first-order valence-corrected chi connectivity index (χ1v) is 9.93. The van der Waals surface area contributed by atoms with Gasteiger partial charge in [-0.1, -0.05) is 18.2 Å². The lowest BCUT2D eigenvalue weighted by Gasteiger charge is -2.41. The van der Waals surface area contributed by atoms with E-state index in [1.165, 1.54) is 0 Å². The number of aliphatic imine (C=N–C) groups is 1. The van der Waals surface area contributed by atoms with Gasteiger partial charge in [0.05, 0.1) is 19.8 Å². The molecule has 0 radical (unpaired) electrons. The van der Waals surface area contributed by atoms with Crippen LogP contribution < -0.4 is 10.6 Å². The van der Waals surface area contributed by atoms with Crippen molar-refractivity contribution >= 4 is 29.9 Å². The number of hydrogen-bond donors (Lipinski definition) is 2. The molecule has 1 fully saturated rings. The fourth-order valence-corrected chi connectivity index (χ4v) is 3.18. The van der Waals surface area contributed by atoms with Gasteiger partial charge in [0.25, 0.3) is 0 Å². The normalized spacial score (nSPS) is 15.6. The van der Waals surface area contributed by atoms with E-state index in [-0.39, 0.29) is 29.5 Å². The Morgan fingerprint density at radius 3 is 2.59 bits per heavy atom. The van der Waals surface area contributed by atoms with Crippen LogP contribution in [0.2, 0.25) is 0 Å². The van der Waals surface area contributed by atoms with Crippen molar-refractivity contribution in [1.29, 1.82) is 0 Å². The number of halogens is 1. The van der Waals surface area contributed by atoms with Gasteiger partial charge in [0, 0.05) is 37.3 Å². The van der Waals surface area contributed by atoms with E-state index in [1.807, 2.05) is 30.3 Å². The average molecular weight is 513 g/mol. The number of guanidine groups is 1. The highest BCUT2D eigenvalue weighted by molar-refractivity contribution is 14.0. The fraction of sp³-hybridized carbons (Fsp3) is 0.524. The van der Waals surface area contributed by atoms with E-state index in [0.717, 1.165) is 56.6 Å². The summed E-state index contributed by atoms with van der Waals surface area (Å²) in [6.07, 6.45) is 1.67. The molecule has 0 aliphatic carbocycles. The Hall–Kier alpha value is -1.65. The van der Waals surface area contributed by atoms with Crippen LogP contribution in [0.25, 0.3) is 11.5 Å². The lowest BCUT2D eigenvalue weighted by molar-refractivity contribution is -0.00834. The van der Waals surface area contributed by atoms with Gasteiger partial charge in [0.1, 0.15) is 12.0 Å². The molecule has 1 aliphatic rings. The molecule has 1 aromatic carbocycles. The standard InChI is InChI=1S/C21H31N5O2.HI/c1-4-22-20(24-16-21(2,3)26-10-12-27-13-11-26)23-14-18-15-28-19(25-18)17-8-6-5-7-9-17;/h5-9,15H,4,10-14,16H2,1-3H3,(H2,22,23,24);1H. The summed E-state index contributed by atoms with van der Waals surface area (Å²) in [5.41, 5.74) is 1.80. The predicted octanol–water partition coefficient (Wildman–Crippen LogP) is 3.13. The number of hydrogen-bond acceptors (Lipinski definition) is 5. The number of nitrogens with zero attached hydrogens (tertiary/aromatic N) is 3. The first-order chi connectivity index (χ1) is 13.6. The van der Waals surface area contributed by atoms with Crippen molar-refractivity contribution in [3.63, 3.8) is 0 Å². The molecule has 2 N–H and O–H groups in total. The van der Waals surface area contributed by atoms with Crippen LogP contribution in [0.15, 0.2) is 46.0 Å². The minimum atomic E-state index is 0. The van der Waals surface area contributed by atoms with Gasteiger partial charge in [-0.3, -0.25) is 4.90 Å². The molecule has 29 heavy (non-hydrogen) atoms. The molecule has 1 saturated heterocycles. The lowest BCUT2D eigenvalue weighted by atomic mass is 10.0. The summed E-state index contributed by atoms with van der Waals surface area (Å²) < 4.78 is 11.1. The van der Waals surface area contributed by atoms with Gasteiger partial charge in [-0.25, -0.2) is 9.98 Å². The second-order valence-corrected chi connectivity index (χ2v) is 7.47. The smallest absolute Gasteiger partial charge is 0.226 e. The van der Waals surface area contributed by atoms with Gasteiger partial charge in [0.15, 0.2) is 5.96 Å². The third-order valence-electron chi connectivity index (χ3n) is 4.87. The zero-order valence-corrected chi connectivity index (χ0v) is 19.8. The van der Waals surface area contributed by atoms with Crippen LogP contribution in [0.3, 0.4) is 0 Å². The molecular formula is C21H32IN5O2. The number of benzene rings is 1. The van der Waals surface area contributed by atoms with Gasteiger partial charge in [-0.2, -0.15) is 0 Å².